The smallest absolute Gasteiger partial charge is 0.280 e. The summed E-state index contributed by atoms with van der Waals surface area (Å²) in [5.41, 5.74) is 1.02. The van der Waals surface area contributed by atoms with E-state index in [0.717, 1.165) is 36.5 Å². The Kier molecular flexibility index (Phi) is 6.89. The lowest BCUT2D eigenvalue weighted by Crippen LogP contribution is -2.13. The van der Waals surface area contributed by atoms with Gasteiger partial charge < -0.3 is 0 Å². The number of nitro groups is 1. The van der Waals surface area contributed by atoms with Crippen molar-refractivity contribution in [2.45, 2.75) is 11.1 Å². The number of rotatable bonds is 7. The van der Waals surface area contributed by atoms with Gasteiger partial charge in [0.25, 0.3) is 15.7 Å². The number of halogens is 4. The van der Waals surface area contributed by atoms with Gasteiger partial charge >= 0.3 is 6.18 Å². The maximum absolute atomic E-state index is 12.8. The van der Waals surface area contributed by atoms with Crippen molar-refractivity contribution in [2.75, 3.05) is 10.1 Å². The third-order valence-electron chi connectivity index (χ3n) is 4.19. The standard InChI is InChI=1S/C20H14ClF3N4O4S/c21-15-4-6-16(7-5-15)27-33(31,32)17-8-9-18(19(11-17)28(29)30)26-25-12-13-2-1-3-14(10-13)20(22,23)24/h1-12,26-27H/b25-12-. The minimum absolute atomic E-state index is 0.103. The first kappa shape index (κ1) is 24.0. The zero-order chi connectivity index (χ0) is 24.2. The van der Waals surface area contributed by atoms with Gasteiger partial charge in [0.2, 0.25) is 0 Å². The summed E-state index contributed by atoms with van der Waals surface area (Å²) in [6.07, 6.45) is -3.48. The lowest BCUT2D eigenvalue weighted by Gasteiger charge is -2.09. The Morgan fingerprint density at radius 1 is 1.03 bits per heavy atom. The van der Waals surface area contributed by atoms with Crippen LogP contribution in [0.3, 0.4) is 0 Å². The summed E-state index contributed by atoms with van der Waals surface area (Å²) >= 11 is 5.76. The Bertz CT molecular complexity index is 1310. The van der Waals surface area contributed by atoms with Gasteiger partial charge in [-0.2, -0.15) is 18.3 Å². The number of nitrogens with one attached hydrogen (secondary N) is 2. The fourth-order valence-corrected chi connectivity index (χ4v) is 3.83. The number of alkyl halides is 3. The summed E-state index contributed by atoms with van der Waals surface area (Å²) in [7, 11) is -4.15. The molecule has 3 aromatic rings. The Morgan fingerprint density at radius 3 is 2.36 bits per heavy atom. The highest BCUT2D eigenvalue weighted by Crippen LogP contribution is 2.30. The maximum atomic E-state index is 12.8. The number of hydrogen-bond acceptors (Lipinski definition) is 6. The summed E-state index contributed by atoms with van der Waals surface area (Å²) in [4.78, 5) is 10.2. The van der Waals surface area contributed by atoms with Gasteiger partial charge in [-0.15, -0.1) is 0 Å². The third-order valence-corrected chi connectivity index (χ3v) is 5.82. The summed E-state index contributed by atoms with van der Waals surface area (Å²) in [5, 5.41) is 15.6. The van der Waals surface area contributed by atoms with Crippen molar-refractivity contribution in [3.8, 4) is 0 Å². The Morgan fingerprint density at radius 2 is 1.73 bits per heavy atom. The maximum Gasteiger partial charge on any atom is 0.416 e. The number of benzene rings is 3. The van der Waals surface area contributed by atoms with Crippen LogP contribution in [-0.4, -0.2) is 19.6 Å². The van der Waals surface area contributed by atoms with Crippen LogP contribution < -0.4 is 10.1 Å². The molecule has 2 N–H and O–H groups in total. The van der Waals surface area contributed by atoms with E-state index in [1.54, 1.807) is 0 Å². The van der Waals surface area contributed by atoms with Crippen LogP contribution in [0.1, 0.15) is 11.1 Å². The highest BCUT2D eigenvalue weighted by Gasteiger charge is 2.30. The molecule has 3 aromatic carbocycles. The van der Waals surface area contributed by atoms with Gasteiger partial charge in [0, 0.05) is 16.8 Å². The minimum Gasteiger partial charge on any atom is -0.280 e. The highest BCUT2D eigenvalue weighted by atomic mass is 35.5. The van der Waals surface area contributed by atoms with E-state index in [2.05, 4.69) is 15.2 Å². The molecule has 0 aliphatic carbocycles. The fraction of sp³-hybridized carbons (Fsp3) is 0.0500. The second-order valence-corrected chi connectivity index (χ2v) is 8.66. The molecule has 0 unspecified atom stereocenters. The largest absolute Gasteiger partial charge is 0.416 e. The molecule has 172 valence electrons. The molecule has 0 aromatic heterocycles. The minimum atomic E-state index is -4.53. The molecular weight excluding hydrogens is 485 g/mol. The van der Waals surface area contributed by atoms with Crippen LogP contribution in [0.2, 0.25) is 5.02 Å². The van der Waals surface area contributed by atoms with Gasteiger partial charge in [0.05, 0.1) is 21.6 Å². The number of nitro benzene ring substituents is 1. The first-order valence-electron chi connectivity index (χ1n) is 8.99. The fourth-order valence-electron chi connectivity index (χ4n) is 2.63. The van der Waals surface area contributed by atoms with Crippen LogP contribution in [0.5, 0.6) is 0 Å². The molecule has 0 atom stereocenters. The predicted octanol–water partition coefficient (Wildman–Crippen LogP) is 5.51. The first-order chi connectivity index (χ1) is 15.5. The second kappa shape index (κ2) is 9.46. The van der Waals surface area contributed by atoms with Crippen molar-refractivity contribution in [1.29, 1.82) is 0 Å². The molecule has 0 amide bonds. The van der Waals surface area contributed by atoms with Crippen LogP contribution in [0.15, 0.2) is 76.7 Å². The van der Waals surface area contributed by atoms with Crippen molar-refractivity contribution in [3.63, 3.8) is 0 Å². The molecule has 0 spiro atoms. The molecule has 0 radical (unpaired) electrons. The van der Waals surface area contributed by atoms with E-state index in [1.165, 1.54) is 36.4 Å². The average Bonchev–Trinajstić information content (AvgIpc) is 2.75. The van der Waals surface area contributed by atoms with E-state index in [-0.39, 0.29) is 21.8 Å². The molecule has 33 heavy (non-hydrogen) atoms. The molecule has 0 aliphatic heterocycles. The topological polar surface area (TPSA) is 114 Å². The zero-order valence-electron chi connectivity index (χ0n) is 16.4. The van der Waals surface area contributed by atoms with Crippen molar-refractivity contribution >= 4 is 44.9 Å². The summed E-state index contributed by atoms with van der Waals surface area (Å²) in [5.74, 6) is 0. The number of sulfonamides is 1. The molecule has 0 fully saturated rings. The summed E-state index contributed by atoms with van der Waals surface area (Å²) < 4.78 is 65.8. The molecule has 8 nitrogen and oxygen atoms in total. The highest BCUT2D eigenvalue weighted by molar-refractivity contribution is 7.92. The van der Waals surface area contributed by atoms with Crippen molar-refractivity contribution in [2.24, 2.45) is 5.10 Å². The van der Waals surface area contributed by atoms with Gasteiger partial charge in [0.15, 0.2) is 0 Å². The normalized spacial score (nSPS) is 12.0. The number of anilines is 2. The summed E-state index contributed by atoms with van der Waals surface area (Å²) in [6, 6.07) is 13.2. The van der Waals surface area contributed by atoms with E-state index in [4.69, 9.17) is 11.6 Å². The van der Waals surface area contributed by atoms with Crippen LogP contribution >= 0.6 is 11.6 Å². The Labute approximate surface area is 190 Å². The predicted molar refractivity (Wildman–Crippen MR) is 118 cm³/mol. The summed E-state index contributed by atoms with van der Waals surface area (Å²) in [6.45, 7) is 0. The van der Waals surface area contributed by atoms with Gasteiger partial charge in [-0.1, -0.05) is 23.7 Å². The third kappa shape index (κ3) is 6.20. The van der Waals surface area contributed by atoms with E-state index in [1.807, 2.05) is 0 Å². The van der Waals surface area contributed by atoms with Crippen molar-refractivity contribution in [3.05, 3.63) is 93.0 Å². The molecule has 0 heterocycles. The zero-order valence-corrected chi connectivity index (χ0v) is 17.9. The Hall–Kier alpha value is -3.64. The van der Waals surface area contributed by atoms with Gasteiger partial charge in [-0.3, -0.25) is 20.3 Å². The van der Waals surface area contributed by atoms with E-state index in [0.29, 0.717) is 5.02 Å². The van der Waals surface area contributed by atoms with Gasteiger partial charge in [-0.25, -0.2) is 8.42 Å². The lowest BCUT2D eigenvalue weighted by molar-refractivity contribution is -0.384. The Balaban J connectivity index is 1.82. The number of hydrazone groups is 1. The monoisotopic (exact) mass is 498 g/mol. The lowest BCUT2D eigenvalue weighted by atomic mass is 10.1. The van der Waals surface area contributed by atoms with Crippen LogP contribution in [0.25, 0.3) is 0 Å². The molecule has 0 bridgehead atoms. The molecule has 13 heteroatoms. The first-order valence-corrected chi connectivity index (χ1v) is 10.8. The molecule has 0 saturated carbocycles. The molecule has 3 rings (SSSR count). The second-order valence-electron chi connectivity index (χ2n) is 6.54. The van der Waals surface area contributed by atoms with Crippen LogP contribution in [0, 0.1) is 10.1 Å². The van der Waals surface area contributed by atoms with Crippen molar-refractivity contribution in [1.82, 2.24) is 0 Å². The quantitative estimate of drug-likeness (QED) is 0.253. The number of nitrogens with zero attached hydrogens (tertiary/aromatic N) is 2. The average molecular weight is 499 g/mol. The van der Waals surface area contributed by atoms with Gasteiger partial charge in [0.1, 0.15) is 5.69 Å². The van der Waals surface area contributed by atoms with E-state index >= 15 is 0 Å². The van der Waals surface area contributed by atoms with Gasteiger partial charge in [-0.05, 0) is 54.1 Å². The SMILES string of the molecule is O=[N+]([O-])c1cc(S(=O)(=O)Nc2ccc(Cl)cc2)ccc1N/N=C\c1cccc(C(F)(F)F)c1. The molecule has 0 saturated heterocycles. The van der Waals surface area contributed by atoms with E-state index in [9.17, 15) is 31.7 Å². The van der Waals surface area contributed by atoms with Crippen LogP contribution in [0.4, 0.5) is 30.2 Å². The van der Waals surface area contributed by atoms with E-state index < -0.39 is 32.4 Å². The van der Waals surface area contributed by atoms with Crippen molar-refractivity contribution < 1.29 is 26.5 Å². The van der Waals surface area contributed by atoms with Crippen LogP contribution in [-0.2, 0) is 16.2 Å². The molecular formula is C20H14ClF3N4O4S. The number of hydrogen-bond donors (Lipinski definition) is 2. The molecule has 0 aliphatic rings.